The van der Waals surface area contributed by atoms with Crippen molar-refractivity contribution in [3.63, 3.8) is 0 Å². The molecule has 0 amide bonds. The molecule has 0 spiro atoms. The monoisotopic (exact) mass is 372 g/mol. The van der Waals surface area contributed by atoms with E-state index >= 15 is 0 Å². The number of hydrogen-bond acceptors (Lipinski definition) is 5. The van der Waals surface area contributed by atoms with Crippen molar-refractivity contribution in [1.82, 2.24) is 0 Å². The van der Waals surface area contributed by atoms with Crippen LogP contribution in [0.25, 0.3) is 0 Å². The molecule has 0 aromatic heterocycles. The predicted molar refractivity (Wildman–Crippen MR) is 103 cm³/mol. The van der Waals surface area contributed by atoms with Crippen LogP contribution in [-0.2, 0) is 13.3 Å². The first-order chi connectivity index (χ1) is 9.74. The minimum absolute atomic E-state index is 0.183. The van der Waals surface area contributed by atoms with Gasteiger partial charge in [-0.2, -0.15) is 12.6 Å². The second kappa shape index (κ2) is 15.1. The first-order valence-electron chi connectivity index (χ1n) is 7.91. The average molecular weight is 373 g/mol. The molecule has 0 atom stereocenters. The molecule has 0 aliphatic carbocycles. The number of rotatable bonds is 15. The first-order valence-corrected chi connectivity index (χ1v) is 16.7. The standard InChI is InChI=1S/C12H32O3S2Si3/c1-4-13-20(14-5-2,15-6-3)17-19-12-8-11-18-10-7-9-16/h16H,4-12,18-19H2,1-3H3. The van der Waals surface area contributed by atoms with Gasteiger partial charge in [0.05, 0.1) is 8.67 Å². The first kappa shape index (κ1) is 21.2. The molecule has 0 bridgehead atoms. The van der Waals surface area contributed by atoms with Crippen LogP contribution in [0.2, 0.25) is 18.1 Å². The lowest BCUT2D eigenvalue weighted by Crippen LogP contribution is -2.43. The van der Waals surface area contributed by atoms with Crippen LogP contribution in [0.3, 0.4) is 0 Å². The zero-order chi connectivity index (χ0) is 15.1. The Labute approximate surface area is 140 Å². The Morgan fingerprint density at radius 1 is 0.900 bits per heavy atom. The fourth-order valence-corrected chi connectivity index (χ4v) is 16.8. The zero-order valence-corrected chi connectivity index (χ0v) is 18.9. The molecule has 0 aliphatic rings. The van der Waals surface area contributed by atoms with Crippen molar-refractivity contribution in [2.45, 2.75) is 51.7 Å². The molecule has 0 aromatic rings. The molecule has 0 rings (SSSR count). The molecular weight excluding hydrogens is 341 g/mol. The molecule has 8 heteroatoms. The third-order valence-corrected chi connectivity index (χ3v) is 17.0. The van der Waals surface area contributed by atoms with Crippen molar-refractivity contribution in [3.05, 3.63) is 0 Å². The van der Waals surface area contributed by atoms with Gasteiger partial charge in [0.1, 0.15) is 0 Å². The predicted octanol–water partition coefficient (Wildman–Crippen LogP) is 2.48. The van der Waals surface area contributed by atoms with Gasteiger partial charge in [0.25, 0.3) is 0 Å². The Morgan fingerprint density at radius 3 is 1.95 bits per heavy atom. The van der Waals surface area contributed by atoms with Gasteiger partial charge in [0.2, 0.25) is 0 Å². The van der Waals surface area contributed by atoms with Gasteiger partial charge in [-0.15, -0.1) is 10.7 Å². The van der Waals surface area contributed by atoms with Gasteiger partial charge in [-0.1, -0.05) is 24.6 Å². The quantitative estimate of drug-likeness (QED) is 0.271. The summed E-state index contributed by atoms with van der Waals surface area (Å²) >= 11 is 4.26. The Kier molecular flexibility index (Phi) is 16.1. The second-order valence-electron chi connectivity index (χ2n) is 4.49. The van der Waals surface area contributed by atoms with Gasteiger partial charge in [-0.3, -0.25) is 0 Å². The fraction of sp³-hybridized carbons (Fsp3) is 1.00. The van der Waals surface area contributed by atoms with Crippen LogP contribution >= 0.6 is 23.3 Å². The van der Waals surface area contributed by atoms with E-state index in [1.54, 1.807) is 0 Å². The molecule has 0 radical (unpaired) electrons. The van der Waals surface area contributed by atoms with E-state index in [0.29, 0.717) is 19.8 Å². The van der Waals surface area contributed by atoms with Crippen LogP contribution in [0.15, 0.2) is 0 Å². The molecule has 0 heterocycles. The summed E-state index contributed by atoms with van der Waals surface area (Å²) in [6.07, 6.45) is 2.73. The van der Waals surface area contributed by atoms with Crippen molar-refractivity contribution >= 4 is 49.4 Å². The summed E-state index contributed by atoms with van der Waals surface area (Å²) < 4.78 is 17.6. The highest BCUT2D eigenvalue weighted by Gasteiger charge is 2.41. The third-order valence-electron chi connectivity index (χ3n) is 2.79. The molecule has 0 fully saturated rings. The lowest BCUT2D eigenvalue weighted by atomic mass is 10.6. The van der Waals surface area contributed by atoms with Crippen molar-refractivity contribution < 1.29 is 13.3 Å². The maximum absolute atomic E-state index is 5.86. The highest BCUT2D eigenvalue weighted by atomic mass is 32.5. The van der Waals surface area contributed by atoms with E-state index in [2.05, 4.69) is 12.6 Å². The topological polar surface area (TPSA) is 27.7 Å². The molecule has 0 unspecified atom stereocenters. The Morgan fingerprint density at radius 2 is 1.45 bits per heavy atom. The molecule has 3 nitrogen and oxygen atoms in total. The van der Waals surface area contributed by atoms with E-state index in [1.165, 1.54) is 31.0 Å². The van der Waals surface area contributed by atoms with Crippen LogP contribution in [0, 0.1) is 0 Å². The SMILES string of the molecule is CCO[Si](OCC)(OCC)S[SiH2]CCC[SiH2]CCCS. The summed E-state index contributed by atoms with van der Waals surface area (Å²) in [4.78, 5) is 0. The fourth-order valence-electron chi connectivity index (χ4n) is 1.90. The smallest absolute Gasteiger partial charge is 0.366 e. The molecule has 0 aliphatic heterocycles. The number of hydrogen-bond donors (Lipinski definition) is 1. The third kappa shape index (κ3) is 10.9. The van der Waals surface area contributed by atoms with Crippen LogP contribution in [0.1, 0.15) is 33.6 Å². The Bertz CT molecular complexity index is 197. The van der Waals surface area contributed by atoms with Crippen molar-refractivity contribution in [1.29, 1.82) is 0 Å². The summed E-state index contributed by atoms with van der Waals surface area (Å²) in [5, 5.41) is 0. The average Bonchev–Trinajstić information content (AvgIpc) is 2.43. The summed E-state index contributed by atoms with van der Waals surface area (Å²) in [5.74, 6) is 1.06. The summed E-state index contributed by atoms with van der Waals surface area (Å²) in [7, 11) is -0.463. The van der Waals surface area contributed by atoms with E-state index in [0.717, 1.165) is 5.75 Å². The summed E-state index contributed by atoms with van der Waals surface area (Å²) in [6, 6.07) is 4.35. The highest BCUT2D eigenvalue weighted by molar-refractivity contribution is 8.43. The minimum atomic E-state index is -2.40. The molecule has 0 saturated carbocycles. The molecule has 122 valence electrons. The minimum Gasteiger partial charge on any atom is -0.366 e. The van der Waals surface area contributed by atoms with Gasteiger partial charge >= 0.3 is 7.95 Å². The van der Waals surface area contributed by atoms with E-state index in [9.17, 15) is 0 Å². The van der Waals surface area contributed by atoms with Crippen LogP contribution in [0.4, 0.5) is 0 Å². The van der Waals surface area contributed by atoms with Gasteiger partial charge in [-0.05, 0) is 32.9 Å². The molecular formula is C12H32O3S2Si3. The Hall–Kier alpha value is 1.23. The van der Waals surface area contributed by atoms with Crippen molar-refractivity contribution in [2.75, 3.05) is 25.6 Å². The molecule has 0 saturated heterocycles. The zero-order valence-electron chi connectivity index (χ0n) is 13.4. The molecule has 0 aromatic carbocycles. The normalized spacial score (nSPS) is 13.2. The van der Waals surface area contributed by atoms with E-state index in [1.807, 2.05) is 31.4 Å². The maximum atomic E-state index is 5.86. The maximum Gasteiger partial charge on any atom is 0.566 e. The lowest BCUT2D eigenvalue weighted by Gasteiger charge is -2.27. The van der Waals surface area contributed by atoms with Gasteiger partial charge in [0, 0.05) is 29.3 Å². The Balaban J connectivity index is 3.82. The van der Waals surface area contributed by atoms with Crippen molar-refractivity contribution in [2.24, 2.45) is 0 Å². The van der Waals surface area contributed by atoms with E-state index in [-0.39, 0.29) is 18.2 Å². The second-order valence-corrected chi connectivity index (χ2v) is 16.5. The van der Waals surface area contributed by atoms with E-state index in [4.69, 9.17) is 13.3 Å². The van der Waals surface area contributed by atoms with Gasteiger partial charge in [-0.25, -0.2) is 0 Å². The van der Waals surface area contributed by atoms with E-state index < -0.39 is 7.95 Å². The molecule has 0 N–H and O–H groups in total. The van der Waals surface area contributed by atoms with Gasteiger partial charge < -0.3 is 13.3 Å². The van der Waals surface area contributed by atoms with Crippen LogP contribution in [0.5, 0.6) is 0 Å². The summed E-state index contributed by atoms with van der Waals surface area (Å²) in [5.41, 5.74) is 0. The highest BCUT2D eigenvalue weighted by Crippen LogP contribution is 2.25. The lowest BCUT2D eigenvalue weighted by molar-refractivity contribution is 0.0970. The summed E-state index contributed by atoms with van der Waals surface area (Å²) in [6.45, 7) is 8.12. The van der Waals surface area contributed by atoms with Crippen molar-refractivity contribution in [3.8, 4) is 0 Å². The van der Waals surface area contributed by atoms with Crippen LogP contribution < -0.4 is 0 Å². The number of thiol groups is 1. The largest absolute Gasteiger partial charge is 0.566 e. The molecule has 20 heavy (non-hydrogen) atoms. The van der Waals surface area contributed by atoms with Crippen LogP contribution in [-0.4, -0.2) is 51.7 Å². The van der Waals surface area contributed by atoms with Gasteiger partial charge in [0.15, 0.2) is 0 Å².